The Kier molecular flexibility index (Phi) is 15.3. The summed E-state index contributed by atoms with van der Waals surface area (Å²) in [4.78, 5) is 51.9. The molecule has 3 atom stereocenters. The van der Waals surface area contributed by atoms with Crippen molar-refractivity contribution in [2.24, 2.45) is 5.92 Å². The molecule has 1 aromatic rings. The van der Waals surface area contributed by atoms with Gasteiger partial charge in [-0.05, 0) is 90.5 Å². The second kappa shape index (κ2) is 18.4. The third-order valence-electron chi connectivity index (χ3n) is 6.73. The molecule has 258 valence electrons. The number of fused-ring (bicyclic) bond motifs is 12. The van der Waals surface area contributed by atoms with E-state index < -0.39 is 41.4 Å². The van der Waals surface area contributed by atoms with Gasteiger partial charge in [-0.3, -0.25) is 4.79 Å². The summed E-state index contributed by atoms with van der Waals surface area (Å²) in [5.74, 6) is -0.214. The molecule has 0 fully saturated rings. The maximum atomic E-state index is 13.6. The lowest BCUT2D eigenvalue weighted by Gasteiger charge is -2.27. The van der Waals surface area contributed by atoms with E-state index in [1.807, 2.05) is 50.3 Å². The highest BCUT2D eigenvalue weighted by molar-refractivity contribution is 5.89. The molecule has 2 heterocycles. The standard InChI is InChI=1S/C34H54N4O8/c1-23(2)28-22-43-19-11-12-20-44-25-16-14-24(15-17-25)21-27(29(39)36-28)38-31(41)37-26(30(40)45-33(3,4)5)13-9-10-18-35-32(42)46-34(6,7)8/h11-12,14-17,23,26-28H,9-10,13,18-22H2,1-8H3,(H,35,42)(H,36,39)(H2,37,38,41)/t26-,27+,28+/m0/s1. The molecule has 2 aliphatic rings. The number of rotatable bonds is 9. The van der Waals surface area contributed by atoms with E-state index in [4.69, 9.17) is 18.9 Å². The lowest BCUT2D eigenvalue weighted by atomic mass is 10.0. The average Bonchev–Trinajstić information content (AvgIpc) is 2.93. The van der Waals surface area contributed by atoms with Crippen LogP contribution in [-0.4, -0.2) is 79.7 Å². The highest BCUT2D eigenvalue weighted by Gasteiger charge is 2.30. The zero-order chi connectivity index (χ0) is 34.3. The predicted octanol–water partition coefficient (Wildman–Crippen LogP) is 4.41. The van der Waals surface area contributed by atoms with Crippen LogP contribution in [0.15, 0.2) is 36.4 Å². The van der Waals surface area contributed by atoms with Crippen molar-refractivity contribution in [2.45, 2.75) is 110 Å². The van der Waals surface area contributed by atoms with Crippen molar-refractivity contribution in [1.29, 1.82) is 0 Å². The molecule has 2 aliphatic heterocycles. The van der Waals surface area contributed by atoms with Crippen molar-refractivity contribution in [3.8, 4) is 5.75 Å². The third kappa shape index (κ3) is 16.0. The molecule has 0 aromatic heterocycles. The van der Waals surface area contributed by atoms with E-state index in [1.165, 1.54) is 0 Å². The van der Waals surface area contributed by atoms with Gasteiger partial charge in [0.15, 0.2) is 0 Å². The van der Waals surface area contributed by atoms with E-state index in [9.17, 15) is 19.2 Å². The fourth-order valence-corrected chi connectivity index (χ4v) is 4.35. The van der Waals surface area contributed by atoms with E-state index in [0.717, 1.165) is 5.56 Å². The van der Waals surface area contributed by atoms with Crippen molar-refractivity contribution in [1.82, 2.24) is 21.3 Å². The first-order valence-corrected chi connectivity index (χ1v) is 16.0. The van der Waals surface area contributed by atoms with Crippen LogP contribution in [0.25, 0.3) is 0 Å². The molecule has 3 rings (SSSR count). The SMILES string of the molecule is CC(C)[C@H]1COCC=CCOc2ccc(cc2)C[C@@H](NC(=O)N[C@@H](CCCCNC(=O)OC(C)(C)C)C(=O)OC(C)(C)C)C(=O)N1. The molecule has 12 heteroatoms. The molecule has 0 radical (unpaired) electrons. The molecule has 0 saturated heterocycles. The van der Waals surface area contributed by atoms with Gasteiger partial charge in [-0.1, -0.05) is 32.1 Å². The van der Waals surface area contributed by atoms with Gasteiger partial charge in [0.25, 0.3) is 0 Å². The maximum absolute atomic E-state index is 13.6. The summed E-state index contributed by atoms with van der Waals surface area (Å²) < 4.78 is 22.3. The van der Waals surface area contributed by atoms with Crippen LogP contribution >= 0.6 is 0 Å². The molecule has 0 spiro atoms. The van der Waals surface area contributed by atoms with Crippen LogP contribution in [0, 0.1) is 5.92 Å². The molecule has 4 N–H and O–H groups in total. The van der Waals surface area contributed by atoms with Gasteiger partial charge in [-0.15, -0.1) is 0 Å². The number of unbranched alkanes of at least 4 members (excludes halogenated alkanes) is 1. The van der Waals surface area contributed by atoms with Crippen molar-refractivity contribution < 1.29 is 38.1 Å². The van der Waals surface area contributed by atoms with Crippen molar-refractivity contribution in [3.05, 3.63) is 42.0 Å². The van der Waals surface area contributed by atoms with Crippen LogP contribution in [0.1, 0.15) is 80.2 Å². The topological polar surface area (TPSA) is 153 Å². The van der Waals surface area contributed by atoms with E-state index in [-0.39, 0.29) is 30.7 Å². The first-order chi connectivity index (χ1) is 21.5. The summed E-state index contributed by atoms with van der Waals surface area (Å²) >= 11 is 0. The summed E-state index contributed by atoms with van der Waals surface area (Å²) in [6.07, 6.45) is 4.74. The van der Waals surface area contributed by atoms with Gasteiger partial charge in [-0.2, -0.15) is 0 Å². The zero-order valence-corrected chi connectivity index (χ0v) is 28.7. The minimum absolute atomic E-state index is 0.0743. The number of amides is 4. The number of hydrogen-bond donors (Lipinski definition) is 4. The van der Waals surface area contributed by atoms with Gasteiger partial charge in [-0.25, -0.2) is 14.4 Å². The number of benzene rings is 1. The summed E-state index contributed by atoms with van der Waals surface area (Å²) in [5, 5.41) is 11.2. The van der Waals surface area contributed by atoms with Crippen LogP contribution in [0.3, 0.4) is 0 Å². The molecule has 46 heavy (non-hydrogen) atoms. The Morgan fingerprint density at radius 3 is 2.24 bits per heavy atom. The smallest absolute Gasteiger partial charge is 0.407 e. The Morgan fingerprint density at radius 1 is 0.957 bits per heavy atom. The predicted molar refractivity (Wildman–Crippen MR) is 176 cm³/mol. The molecule has 0 aliphatic carbocycles. The Bertz CT molecular complexity index is 1160. The highest BCUT2D eigenvalue weighted by atomic mass is 16.6. The fraction of sp³-hybridized carbons (Fsp3) is 0.647. The summed E-state index contributed by atoms with van der Waals surface area (Å²) in [7, 11) is 0. The van der Waals surface area contributed by atoms with Crippen LogP contribution < -0.4 is 26.0 Å². The van der Waals surface area contributed by atoms with E-state index in [1.54, 1.807) is 41.5 Å². The monoisotopic (exact) mass is 646 g/mol. The van der Waals surface area contributed by atoms with Crippen LogP contribution in [0.4, 0.5) is 9.59 Å². The highest BCUT2D eigenvalue weighted by Crippen LogP contribution is 2.16. The summed E-state index contributed by atoms with van der Waals surface area (Å²) in [6.45, 7) is 16.0. The van der Waals surface area contributed by atoms with E-state index in [2.05, 4.69) is 21.3 Å². The largest absolute Gasteiger partial charge is 0.490 e. The third-order valence-corrected chi connectivity index (χ3v) is 6.73. The maximum Gasteiger partial charge on any atom is 0.407 e. The molecule has 2 bridgehead atoms. The molecule has 4 amide bonds. The Hall–Kier alpha value is -3.80. The number of carbonyl (C=O) groups excluding carboxylic acids is 4. The number of carbonyl (C=O) groups is 4. The van der Waals surface area contributed by atoms with E-state index in [0.29, 0.717) is 45.0 Å². The minimum Gasteiger partial charge on any atom is -0.490 e. The quantitative estimate of drug-likeness (QED) is 0.175. The summed E-state index contributed by atoms with van der Waals surface area (Å²) in [5.41, 5.74) is -0.563. The molecular formula is C34H54N4O8. The Morgan fingerprint density at radius 2 is 1.61 bits per heavy atom. The number of urea groups is 1. The first-order valence-electron chi connectivity index (χ1n) is 16.0. The molecule has 1 aromatic carbocycles. The van der Waals surface area contributed by atoms with Gasteiger partial charge in [0.05, 0.1) is 19.3 Å². The van der Waals surface area contributed by atoms with Crippen molar-refractivity contribution in [3.63, 3.8) is 0 Å². The zero-order valence-electron chi connectivity index (χ0n) is 28.7. The minimum atomic E-state index is -0.976. The molecule has 0 saturated carbocycles. The normalized spacial score (nSPS) is 18.6. The molecule has 0 unspecified atom stereocenters. The number of nitrogens with one attached hydrogen (secondary N) is 4. The number of hydrogen-bond acceptors (Lipinski definition) is 8. The van der Waals surface area contributed by atoms with Crippen molar-refractivity contribution in [2.75, 3.05) is 26.4 Å². The van der Waals surface area contributed by atoms with Gasteiger partial charge >= 0.3 is 18.1 Å². The van der Waals surface area contributed by atoms with Crippen LogP contribution in [0.2, 0.25) is 0 Å². The van der Waals surface area contributed by atoms with Gasteiger partial charge in [0, 0.05) is 13.0 Å². The second-order valence-electron chi connectivity index (χ2n) is 13.7. The van der Waals surface area contributed by atoms with Crippen LogP contribution in [0.5, 0.6) is 5.75 Å². The van der Waals surface area contributed by atoms with Gasteiger partial charge in [0.2, 0.25) is 5.91 Å². The first kappa shape index (κ1) is 38.4. The van der Waals surface area contributed by atoms with Gasteiger partial charge < -0.3 is 40.2 Å². The van der Waals surface area contributed by atoms with Gasteiger partial charge in [0.1, 0.15) is 35.6 Å². The number of alkyl carbamates (subject to hydrolysis) is 1. The van der Waals surface area contributed by atoms with E-state index >= 15 is 0 Å². The summed E-state index contributed by atoms with van der Waals surface area (Å²) in [6, 6.07) is 4.44. The number of ether oxygens (including phenoxy) is 4. The second-order valence-corrected chi connectivity index (χ2v) is 13.7. The average molecular weight is 647 g/mol. The lowest BCUT2D eigenvalue weighted by Crippen LogP contribution is -2.56. The number of esters is 1. The lowest BCUT2D eigenvalue weighted by molar-refractivity contribution is -0.157. The Balaban J connectivity index is 2.15. The molecular weight excluding hydrogens is 592 g/mol. The molecule has 12 nitrogen and oxygen atoms in total. The van der Waals surface area contributed by atoms with Crippen molar-refractivity contribution >= 4 is 24.0 Å². The fourth-order valence-electron chi connectivity index (χ4n) is 4.35. The van der Waals surface area contributed by atoms with Crippen LogP contribution in [-0.2, 0) is 30.2 Å². The Labute approximate surface area is 273 Å².